The topological polar surface area (TPSA) is 118 Å². The van der Waals surface area contributed by atoms with Gasteiger partial charge in [-0.3, -0.25) is 10.2 Å². The maximum absolute atomic E-state index is 12.5. The number of fused-ring (bicyclic) bond motifs is 1. The molecule has 0 fully saturated rings. The Morgan fingerprint density at radius 2 is 2.13 bits per heavy atom. The van der Waals surface area contributed by atoms with Crippen LogP contribution < -0.4 is 9.47 Å². The van der Waals surface area contributed by atoms with E-state index >= 15 is 0 Å². The third-order valence-corrected chi connectivity index (χ3v) is 5.36. The molecule has 0 spiro atoms. The number of nitrogens with one attached hydrogen (secondary N) is 1. The highest BCUT2D eigenvalue weighted by Crippen LogP contribution is 2.32. The van der Waals surface area contributed by atoms with Crippen LogP contribution in [0.25, 0.3) is 6.08 Å². The summed E-state index contributed by atoms with van der Waals surface area (Å²) in [7, 11) is 0. The number of benzene rings is 1. The zero-order valence-electron chi connectivity index (χ0n) is 16.7. The Labute approximate surface area is 181 Å². The first-order chi connectivity index (χ1) is 15.0. The monoisotopic (exact) mass is 438 g/mol. The second kappa shape index (κ2) is 8.60. The number of aliphatic imine (C=N–C) groups is 1. The number of hydrogen-bond donors (Lipinski definition) is 1. The Morgan fingerprint density at radius 1 is 1.29 bits per heavy atom. The van der Waals surface area contributed by atoms with Gasteiger partial charge in [-0.15, -0.1) is 0 Å². The van der Waals surface area contributed by atoms with Gasteiger partial charge >= 0.3 is 5.97 Å². The van der Waals surface area contributed by atoms with Gasteiger partial charge in [0.15, 0.2) is 17.3 Å². The molecule has 158 valence electrons. The molecule has 1 amide bonds. The Hall–Kier alpha value is -3.66. The lowest BCUT2D eigenvalue weighted by atomic mass is 10.1. The summed E-state index contributed by atoms with van der Waals surface area (Å²) >= 11 is 1.29. The van der Waals surface area contributed by atoms with Gasteiger partial charge in [0.25, 0.3) is 5.91 Å². The molecule has 0 saturated heterocycles. The van der Waals surface area contributed by atoms with Gasteiger partial charge in [0.05, 0.1) is 18.4 Å². The van der Waals surface area contributed by atoms with Crippen molar-refractivity contribution in [1.82, 2.24) is 5.01 Å². The Kier molecular flexibility index (Phi) is 5.72. The number of hydrogen-bond acceptors (Lipinski definition) is 8. The van der Waals surface area contributed by atoms with Crippen molar-refractivity contribution in [2.75, 3.05) is 6.61 Å². The first kappa shape index (κ1) is 20.6. The summed E-state index contributed by atoms with van der Waals surface area (Å²) in [5, 5.41) is 15.3. The van der Waals surface area contributed by atoms with E-state index in [2.05, 4.69) is 10.1 Å². The van der Waals surface area contributed by atoms with Gasteiger partial charge in [-0.2, -0.15) is 15.1 Å². The molecule has 2 aliphatic rings. The van der Waals surface area contributed by atoms with Crippen LogP contribution in [0.1, 0.15) is 36.4 Å². The zero-order chi connectivity index (χ0) is 22.0. The minimum Gasteiger partial charge on any atom is -0.490 e. The lowest BCUT2D eigenvalue weighted by Gasteiger charge is -2.20. The second-order valence-electron chi connectivity index (χ2n) is 6.37. The van der Waals surface area contributed by atoms with Crippen LogP contribution in [0.5, 0.6) is 11.5 Å². The number of furan rings is 1. The van der Waals surface area contributed by atoms with Crippen LogP contribution in [-0.4, -0.2) is 39.5 Å². The fourth-order valence-corrected chi connectivity index (χ4v) is 3.68. The van der Waals surface area contributed by atoms with Gasteiger partial charge in [0.2, 0.25) is 10.9 Å². The molecule has 0 atom stereocenters. The molecular weight excluding hydrogens is 420 g/mol. The third kappa shape index (κ3) is 4.15. The Balaban J connectivity index is 1.62. The summed E-state index contributed by atoms with van der Waals surface area (Å²) in [5.41, 5.74) is 0.688. The lowest BCUT2D eigenvalue weighted by Crippen LogP contribution is -2.35. The van der Waals surface area contributed by atoms with Crippen molar-refractivity contribution in [2.45, 2.75) is 20.3 Å². The lowest BCUT2D eigenvalue weighted by molar-refractivity contribution is -0.114. The summed E-state index contributed by atoms with van der Waals surface area (Å²) in [4.78, 5) is 28.7. The van der Waals surface area contributed by atoms with Crippen LogP contribution in [0.15, 0.2) is 56.7 Å². The molecule has 0 bridgehead atoms. The minimum absolute atomic E-state index is 0.0442. The zero-order valence-corrected chi connectivity index (χ0v) is 17.6. The molecule has 3 heterocycles. The predicted octanol–water partition coefficient (Wildman–Crippen LogP) is 3.93. The molecule has 1 aromatic carbocycles. The van der Waals surface area contributed by atoms with E-state index in [4.69, 9.17) is 19.3 Å². The van der Waals surface area contributed by atoms with Crippen molar-refractivity contribution >= 4 is 45.8 Å². The number of hydrazone groups is 1. The number of esters is 1. The first-order valence-electron chi connectivity index (χ1n) is 9.51. The van der Waals surface area contributed by atoms with E-state index in [0.717, 1.165) is 5.04 Å². The third-order valence-electron chi connectivity index (χ3n) is 4.30. The molecule has 0 radical (unpaired) electrons. The van der Waals surface area contributed by atoms with Gasteiger partial charge in [-0.1, -0.05) is 13.0 Å². The summed E-state index contributed by atoms with van der Waals surface area (Å²) in [6.07, 6.45) is 3.61. The first-order valence-corrected chi connectivity index (χ1v) is 10.3. The van der Waals surface area contributed by atoms with E-state index < -0.39 is 11.9 Å². The largest absolute Gasteiger partial charge is 0.490 e. The number of nitrogens with zero attached hydrogens (tertiary/aromatic N) is 3. The van der Waals surface area contributed by atoms with E-state index in [0.29, 0.717) is 29.5 Å². The molecule has 1 aromatic heterocycles. The highest BCUT2D eigenvalue weighted by atomic mass is 32.2. The SMILES string of the molecule is CCOc1cc(/C=C2/C(=N)N3N=C(CC)SC3=NC2=O)ccc1OC(=O)c1ccco1. The van der Waals surface area contributed by atoms with Crippen LogP contribution in [0.4, 0.5) is 0 Å². The van der Waals surface area contributed by atoms with E-state index in [1.807, 2.05) is 6.92 Å². The maximum atomic E-state index is 12.5. The van der Waals surface area contributed by atoms with E-state index in [1.165, 1.54) is 35.2 Å². The number of rotatable bonds is 6. The molecule has 0 saturated carbocycles. The highest BCUT2D eigenvalue weighted by Gasteiger charge is 2.35. The summed E-state index contributed by atoms with van der Waals surface area (Å²) in [6, 6.07) is 7.92. The van der Waals surface area contributed by atoms with E-state index in [9.17, 15) is 9.59 Å². The van der Waals surface area contributed by atoms with Crippen LogP contribution in [0.3, 0.4) is 0 Å². The van der Waals surface area contributed by atoms with Crippen LogP contribution >= 0.6 is 11.8 Å². The fraction of sp³-hybridized carbons (Fsp3) is 0.190. The average molecular weight is 438 g/mol. The number of carbonyl (C=O) groups is 2. The average Bonchev–Trinajstić information content (AvgIpc) is 3.43. The van der Waals surface area contributed by atoms with Crippen LogP contribution in [0, 0.1) is 5.41 Å². The molecule has 4 rings (SSSR count). The van der Waals surface area contributed by atoms with Crippen molar-refractivity contribution in [3.05, 3.63) is 53.5 Å². The Morgan fingerprint density at radius 3 is 2.84 bits per heavy atom. The summed E-state index contributed by atoms with van der Waals surface area (Å²) in [5.74, 6) is -0.610. The Bertz CT molecular complexity index is 1150. The molecular formula is C21H18N4O5S. The normalized spacial score (nSPS) is 16.8. The number of amides is 1. The van der Waals surface area contributed by atoms with Gasteiger partial charge < -0.3 is 13.9 Å². The number of thioether (sulfide) groups is 1. The maximum Gasteiger partial charge on any atom is 0.379 e. The summed E-state index contributed by atoms with van der Waals surface area (Å²) < 4.78 is 16.0. The van der Waals surface area contributed by atoms with E-state index in [1.54, 1.807) is 31.2 Å². The van der Waals surface area contributed by atoms with Crippen LogP contribution in [-0.2, 0) is 4.79 Å². The predicted molar refractivity (Wildman–Crippen MR) is 117 cm³/mol. The molecule has 2 aromatic rings. The minimum atomic E-state index is -0.653. The van der Waals surface area contributed by atoms with E-state index in [-0.39, 0.29) is 22.9 Å². The molecule has 1 N–H and O–H groups in total. The molecule has 10 heteroatoms. The second-order valence-corrected chi connectivity index (χ2v) is 7.41. The van der Waals surface area contributed by atoms with Crippen LogP contribution in [0.2, 0.25) is 0 Å². The molecule has 31 heavy (non-hydrogen) atoms. The van der Waals surface area contributed by atoms with Crippen molar-refractivity contribution in [3.63, 3.8) is 0 Å². The number of ether oxygens (including phenoxy) is 2. The number of carbonyl (C=O) groups excluding carboxylic acids is 2. The smallest absolute Gasteiger partial charge is 0.379 e. The highest BCUT2D eigenvalue weighted by molar-refractivity contribution is 8.26. The van der Waals surface area contributed by atoms with Crippen molar-refractivity contribution in [3.8, 4) is 11.5 Å². The van der Waals surface area contributed by atoms with Crippen molar-refractivity contribution < 1.29 is 23.5 Å². The molecule has 0 unspecified atom stereocenters. The van der Waals surface area contributed by atoms with Gasteiger partial charge in [0, 0.05) is 0 Å². The molecule has 0 aliphatic carbocycles. The standard InChI is InChI=1S/C21H18N4O5S/c1-3-17-24-25-18(22)13(19(26)23-21(25)31-17)10-12-7-8-14(16(11-12)28-4-2)30-20(27)15-6-5-9-29-15/h5-11,22H,3-4H2,1-2H3/b13-10-,22-18?. The molecule has 9 nitrogen and oxygen atoms in total. The molecule has 2 aliphatic heterocycles. The van der Waals surface area contributed by atoms with Crippen molar-refractivity contribution in [2.24, 2.45) is 10.1 Å². The van der Waals surface area contributed by atoms with Gasteiger partial charge in [0.1, 0.15) is 5.04 Å². The van der Waals surface area contributed by atoms with Crippen molar-refractivity contribution in [1.29, 1.82) is 5.41 Å². The quantitative estimate of drug-likeness (QED) is 0.412. The summed E-state index contributed by atoms with van der Waals surface area (Å²) in [6.45, 7) is 4.09. The van der Waals surface area contributed by atoms with Gasteiger partial charge in [-0.05, 0) is 61.0 Å². The fourth-order valence-electron chi connectivity index (χ4n) is 2.85. The van der Waals surface area contributed by atoms with Gasteiger partial charge in [-0.25, -0.2) is 4.79 Å². The number of amidine groups is 2.